The van der Waals surface area contributed by atoms with Gasteiger partial charge in [-0.1, -0.05) is 24.3 Å². The molecule has 2 N–H and O–H groups in total. The van der Waals surface area contributed by atoms with Gasteiger partial charge in [-0.15, -0.1) is 10.2 Å². The molecule has 2 aromatic heterocycles. The van der Waals surface area contributed by atoms with Crippen LogP contribution in [0.15, 0.2) is 70.2 Å². The van der Waals surface area contributed by atoms with E-state index in [4.69, 9.17) is 10.2 Å². The average molecular weight is 436 g/mol. The molecule has 2 heterocycles. The zero-order chi connectivity index (χ0) is 22.0. The van der Waals surface area contributed by atoms with Gasteiger partial charge < -0.3 is 10.2 Å². The van der Waals surface area contributed by atoms with Crippen molar-refractivity contribution in [3.63, 3.8) is 0 Å². The summed E-state index contributed by atoms with van der Waals surface area (Å²) < 4.78 is 30.4. The quantitative estimate of drug-likeness (QED) is 0.488. The molecule has 0 radical (unpaired) electrons. The minimum atomic E-state index is -3.33. The van der Waals surface area contributed by atoms with Crippen LogP contribution in [0.2, 0.25) is 0 Å². The van der Waals surface area contributed by atoms with Crippen LogP contribution in [0.25, 0.3) is 34.3 Å². The van der Waals surface area contributed by atoms with Crippen LogP contribution < -0.4 is 5.73 Å². The van der Waals surface area contributed by atoms with Gasteiger partial charge in [-0.05, 0) is 43.7 Å². The Balaban J connectivity index is 1.61. The minimum absolute atomic E-state index is 0.242. The van der Waals surface area contributed by atoms with Gasteiger partial charge >= 0.3 is 0 Å². The van der Waals surface area contributed by atoms with Gasteiger partial charge in [-0.2, -0.15) is 0 Å². The van der Waals surface area contributed by atoms with Crippen molar-refractivity contribution >= 4 is 9.84 Å². The smallest absolute Gasteiger partial charge is 0.268 e. The predicted octanol–water partition coefficient (Wildman–Crippen LogP) is 3.50. The van der Waals surface area contributed by atoms with Crippen LogP contribution in [0.5, 0.6) is 0 Å². The van der Waals surface area contributed by atoms with E-state index < -0.39 is 15.1 Å². The molecule has 0 unspecified atom stereocenters. The molecule has 158 valence electrons. The Labute approximate surface area is 180 Å². The molecule has 0 aliphatic rings. The number of nitrogens with zero attached hydrogens (tertiary/aromatic N) is 4. The van der Waals surface area contributed by atoms with Gasteiger partial charge in [0.15, 0.2) is 9.84 Å². The number of benzene rings is 2. The van der Waals surface area contributed by atoms with E-state index in [1.54, 1.807) is 44.3 Å². The molecule has 9 heteroatoms. The highest BCUT2D eigenvalue weighted by molar-refractivity contribution is 7.92. The molecule has 0 fully saturated rings. The van der Waals surface area contributed by atoms with E-state index >= 15 is 0 Å². The molecular weight excluding hydrogens is 414 g/mol. The summed E-state index contributed by atoms with van der Waals surface area (Å²) in [5.41, 5.74) is 9.14. The highest BCUT2D eigenvalue weighted by Crippen LogP contribution is 2.26. The first-order chi connectivity index (χ1) is 14.9. The number of nitrogens with two attached hydrogens (primary N) is 1. The van der Waals surface area contributed by atoms with Crippen molar-refractivity contribution in [2.75, 3.05) is 0 Å². The molecule has 0 amide bonds. The third-order valence-electron chi connectivity index (χ3n) is 4.81. The molecule has 0 atom stereocenters. The van der Waals surface area contributed by atoms with Crippen molar-refractivity contribution in [3.8, 4) is 34.3 Å². The number of hydrogen-bond donors (Lipinski definition) is 1. The van der Waals surface area contributed by atoms with Crippen LogP contribution in [-0.4, -0.2) is 33.8 Å². The molecule has 0 aliphatic carbocycles. The first kappa shape index (κ1) is 20.8. The zero-order valence-corrected chi connectivity index (χ0v) is 17.9. The van der Waals surface area contributed by atoms with E-state index in [1.807, 2.05) is 24.3 Å². The zero-order valence-electron chi connectivity index (χ0n) is 17.1. The van der Waals surface area contributed by atoms with Crippen LogP contribution in [0.3, 0.4) is 0 Å². The maximum absolute atomic E-state index is 12.3. The van der Waals surface area contributed by atoms with Crippen molar-refractivity contribution in [2.24, 2.45) is 5.73 Å². The molecule has 31 heavy (non-hydrogen) atoms. The Hall–Kier alpha value is -3.43. The number of rotatable bonds is 6. The second kappa shape index (κ2) is 8.37. The predicted molar refractivity (Wildman–Crippen MR) is 116 cm³/mol. The summed E-state index contributed by atoms with van der Waals surface area (Å²) in [5.74, 6) is 0.611. The Morgan fingerprint density at radius 3 is 2.13 bits per heavy atom. The molecule has 4 rings (SSSR count). The monoisotopic (exact) mass is 435 g/mol. The molecule has 0 bridgehead atoms. The molecule has 0 saturated carbocycles. The summed E-state index contributed by atoms with van der Waals surface area (Å²) in [6.07, 6.45) is 3.13. The van der Waals surface area contributed by atoms with Gasteiger partial charge in [0.1, 0.15) is 5.69 Å². The third-order valence-corrected chi connectivity index (χ3v) is 6.98. The summed E-state index contributed by atoms with van der Waals surface area (Å²) in [7, 11) is -3.33. The molecule has 0 aliphatic heterocycles. The van der Waals surface area contributed by atoms with Crippen LogP contribution >= 0.6 is 0 Å². The number of hydrogen-bond acceptors (Lipinski definition) is 8. The maximum atomic E-state index is 12.3. The molecule has 8 nitrogen and oxygen atoms in total. The van der Waals surface area contributed by atoms with Gasteiger partial charge in [0, 0.05) is 17.7 Å². The lowest BCUT2D eigenvalue weighted by atomic mass is 10.1. The van der Waals surface area contributed by atoms with Gasteiger partial charge in [0.05, 0.1) is 28.2 Å². The van der Waals surface area contributed by atoms with E-state index in [9.17, 15) is 8.42 Å². The van der Waals surface area contributed by atoms with Gasteiger partial charge in [-0.3, -0.25) is 4.98 Å². The summed E-state index contributed by atoms with van der Waals surface area (Å²) in [5, 5.41) is 7.69. The van der Waals surface area contributed by atoms with Crippen molar-refractivity contribution in [1.29, 1.82) is 0 Å². The second-order valence-electron chi connectivity index (χ2n) is 7.22. The van der Waals surface area contributed by atoms with Crippen LogP contribution in [-0.2, 0) is 16.4 Å². The van der Waals surface area contributed by atoms with E-state index in [-0.39, 0.29) is 10.8 Å². The fourth-order valence-corrected chi connectivity index (χ4v) is 3.98. The van der Waals surface area contributed by atoms with Crippen molar-refractivity contribution in [3.05, 3.63) is 66.5 Å². The molecule has 0 saturated heterocycles. The first-order valence-corrected chi connectivity index (χ1v) is 11.2. The lowest BCUT2D eigenvalue weighted by Gasteiger charge is -2.08. The largest absolute Gasteiger partial charge is 0.415 e. The SMILES string of the molecule is CC(C)S(=O)(=O)c1ccc(-c2cncc(-c3nnc(-c4ccc(CN)cc4)o3)n2)cc1. The maximum Gasteiger partial charge on any atom is 0.268 e. The lowest BCUT2D eigenvalue weighted by Crippen LogP contribution is -2.13. The summed E-state index contributed by atoms with van der Waals surface area (Å²) >= 11 is 0. The number of sulfone groups is 1. The Morgan fingerprint density at radius 2 is 1.48 bits per heavy atom. The van der Waals surface area contributed by atoms with E-state index in [1.165, 1.54) is 6.20 Å². The van der Waals surface area contributed by atoms with Crippen molar-refractivity contribution in [2.45, 2.75) is 30.5 Å². The van der Waals surface area contributed by atoms with Gasteiger partial charge in [0.2, 0.25) is 5.89 Å². The highest BCUT2D eigenvalue weighted by Gasteiger charge is 2.19. The molecule has 0 spiro atoms. The summed E-state index contributed by atoms with van der Waals surface area (Å²) in [6, 6.07) is 14.1. The van der Waals surface area contributed by atoms with Gasteiger partial charge in [0.25, 0.3) is 5.89 Å². The summed E-state index contributed by atoms with van der Waals surface area (Å²) in [4.78, 5) is 9.04. The van der Waals surface area contributed by atoms with E-state index in [0.717, 1.165) is 16.7 Å². The Kier molecular flexibility index (Phi) is 5.62. The molecular formula is C22H21N5O3S. The first-order valence-electron chi connectivity index (χ1n) is 9.68. The molecule has 2 aromatic carbocycles. The topological polar surface area (TPSA) is 125 Å². The Morgan fingerprint density at radius 1 is 0.871 bits per heavy atom. The van der Waals surface area contributed by atoms with Crippen molar-refractivity contribution in [1.82, 2.24) is 20.2 Å². The fourth-order valence-electron chi connectivity index (χ4n) is 2.92. The Bertz CT molecular complexity index is 1300. The fraction of sp³-hybridized carbons (Fsp3) is 0.182. The third kappa shape index (κ3) is 4.23. The lowest BCUT2D eigenvalue weighted by molar-refractivity contribution is 0.581. The minimum Gasteiger partial charge on any atom is -0.415 e. The summed E-state index contributed by atoms with van der Waals surface area (Å²) in [6.45, 7) is 3.77. The highest BCUT2D eigenvalue weighted by atomic mass is 32.2. The number of aromatic nitrogens is 4. The van der Waals surface area contributed by atoms with Crippen LogP contribution in [0.1, 0.15) is 19.4 Å². The van der Waals surface area contributed by atoms with Crippen LogP contribution in [0, 0.1) is 0 Å². The van der Waals surface area contributed by atoms with Crippen molar-refractivity contribution < 1.29 is 12.8 Å². The van der Waals surface area contributed by atoms with Crippen LogP contribution in [0.4, 0.5) is 0 Å². The average Bonchev–Trinajstić information content (AvgIpc) is 3.29. The standard InChI is InChI=1S/C22H21N5O3S/c1-14(2)31(28,29)18-9-7-16(8-10-18)19-12-24-13-20(25-19)22-27-26-21(30-22)17-5-3-15(11-23)4-6-17/h3-10,12-14H,11,23H2,1-2H3. The van der Waals surface area contributed by atoms with Gasteiger partial charge in [-0.25, -0.2) is 13.4 Å². The second-order valence-corrected chi connectivity index (χ2v) is 9.73. The van der Waals surface area contributed by atoms with E-state index in [0.29, 0.717) is 23.8 Å². The normalized spacial score (nSPS) is 11.7. The molecule has 4 aromatic rings. The van der Waals surface area contributed by atoms with E-state index in [2.05, 4.69) is 20.2 Å².